The summed E-state index contributed by atoms with van der Waals surface area (Å²) in [7, 11) is 0. The van der Waals surface area contributed by atoms with Crippen molar-refractivity contribution in [1.29, 1.82) is 0 Å². The lowest BCUT2D eigenvalue weighted by molar-refractivity contribution is 0.0736. The maximum Gasteiger partial charge on any atom is 0.319 e. The number of hydrogen-bond donors (Lipinski definition) is 3. The molecule has 5 rings (SSSR count). The number of anilines is 1. The van der Waals surface area contributed by atoms with Gasteiger partial charge in [0.05, 0.1) is 6.61 Å². The summed E-state index contributed by atoms with van der Waals surface area (Å²) in [6.07, 6.45) is 4.13. The van der Waals surface area contributed by atoms with Gasteiger partial charge < -0.3 is 25.6 Å². The molecule has 1 fully saturated rings. The van der Waals surface area contributed by atoms with Gasteiger partial charge in [0.15, 0.2) is 0 Å². The highest BCUT2D eigenvalue weighted by Gasteiger charge is 2.18. The van der Waals surface area contributed by atoms with Crippen LogP contribution in [0.5, 0.6) is 5.75 Å². The first-order valence-corrected chi connectivity index (χ1v) is 13.5. The van der Waals surface area contributed by atoms with Gasteiger partial charge in [-0.25, -0.2) is 4.79 Å². The van der Waals surface area contributed by atoms with Crippen molar-refractivity contribution in [1.82, 2.24) is 20.5 Å². The van der Waals surface area contributed by atoms with Crippen molar-refractivity contribution in [2.75, 3.05) is 38.1 Å². The van der Waals surface area contributed by atoms with E-state index in [0.29, 0.717) is 30.8 Å². The van der Waals surface area contributed by atoms with E-state index in [2.05, 4.69) is 33.1 Å². The Kier molecular flexibility index (Phi) is 9.01. The first kappa shape index (κ1) is 26.9. The molecule has 0 aliphatic carbocycles. The molecule has 0 radical (unpaired) electrons. The van der Waals surface area contributed by atoms with Gasteiger partial charge in [-0.2, -0.15) is 0 Å². The summed E-state index contributed by atoms with van der Waals surface area (Å²) in [6, 6.07) is 26.9. The van der Waals surface area contributed by atoms with Crippen molar-refractivity contribution in [3.63, 3.8) is 0 Å². The molecule has 0 atom stereocenters. The zero-order valence-electron chi connectivity index (χ0n) is 22.3. The Bertz CT molecular complexity index is 1420. The fourth-order valence-electron chi connectivity index (χ4n) is 4.66. The number of rotatable bonds is 9. The van der Waals surface area contributed by atoms with Crippen molar-refractivity contribution in [2.45, 2.75) is 13.0 Å². The van der Waals surface area contributed by atoms with Crippen LogP contribution in [0.3, 0.4) is 0 Å². The van der Waals surface area contributed by atoms with E-state index in [1.807, 2.05) is 77.7 Å². The maximum atomic E-state index is 13.0. The van der Waals surface area contributed by atoms with Gasteiger partial charge in [0.2, 0.25) is 0 Å². The third-order valence-corrected chi connectivity index (χ3v) is 6.77. The summed E-state index contributed by atoms with van der Waals surface area (Å²) in [5, 5.41) is 8.93. The predicted octanol–water partition coefficient (Wildman–Crippen LogP) is 4.74. The van der Waals surface area contributed by atoms with E-state index in [4.69, 9.17) is 4.74 Å². The Balaban J connectivity index is 1.15. The summed E-state index contributed by atoms with van der Waals surface area (Å²) >= 11 is 0. The van der Waals surface area contributed by atoms with Gasteiger partial charge in [-0.15, -0.1) is 0 Å². The van der Waals surface area contributed by atoms with E-state index in [1.165, 1.54) is 0 Å². The Labute approximate surface area is 234 Å². The van der Waals surface area contributed by atoms with Crippen molar-refractivity contribution in [3.05, 3.63) is 114 Å². The molecule has 3 amide bonds. The third kappa shape index (κ3) is 7.24. The lowest BCUT2D eigenvalue weighted by Gasteiger charge is -2.27. The maximum absolute atomic E-state index is 13.0. The van der Waals surface area contributed by atoms with E-state index in [-0.39, 0.29) is 11.9 Å². The number of ether oxygens (including phenoxy) is 1. The second-order valence-electron chi connectivity index (χ2n) is 9.57. The molecule has 0 spiro atoms. The zero-order valence-corrected chi connectivity index (χ0v) is 22.3. The largest absolute Gasteiger partial charge is 0.493 e. The number of amides is 3. The first-order valence-electron chi connectivity index (χ1n) is 13.5. The second-order valence-corrected chi connectivity index (χ2v) is 9.57. The summed E-state index contributed by atoms with van der Waals surface area (Å²) < 4.78 is 6.01. The van der Waals surface area contributed by atoms with E-state index >= 15 is 0 Å². The molecular weight excluding hydrogens is 502 g/mol. The lowest BCUT2D eigenvalue weighted by Crippen LogP contribution is -2.46. The van der Waals surface area contributed by atoms with Gasteiger partial charge in [-0.3, -0.25) is 9.78 Å². The van der Waals surface area contributed by atoms with Gasteiger partial charge in [0.25, 0.3) is 5.91 Å². The summed E-state index contributed by atoms with van der Waals surface area (Å²) in [6.45, 7) is 4.01. The number of carbonyl (C=O) groups excluding carboxylic acids is 2. The quantitative estimate of drug-likeness (QED) is 0.288. The SMILES string of the molecule is O=C(NCc1cccnc1)Nc1ccc(OCCc2ccccc2-c2cccc(C(=O)N3CCNCC3)c2)cc1. The van der Waals surface area contributed by atoms with Crippen LogP contribution in [0.2, 0.25) is 0 Å². The molecule has 2 heterocycles. The Morgan fingerprint density at radius 3 is 2.55 bits per heavy atom. The molecule has 8 heteroatoms. The van der Waals surface area contributed by atoms with Gasteiger partial charge in [0.1, 0.15) is 5.75 Å². The molecule has 0 saturated carbocycles. The topological polar surface area (TPSA) is 95.6 Å². The molecule has 204 valence electrons. The van der Waals surface area contributed by atoms with E-state index < -0.39 is 0 Å². The predicted molar refractivity (Wildman–Crippen MR) is 156 cm³/mol. The normalized spacial score (nSPS) is 12.9. The molecule has 8 nitrogen and oxygen atoms in total. The summed E-state index contributed by atoms with van der Waals surface area (Å²) in [5.74, 6) is 0.801. The standard InChI is InChI=1S/C32H33N5O3/c38-31(37-18-16-33-17-19-37)27-8-3-7-26(21-27)30-9-2-1-6-25(30)14-20-40-29-12-10-28(11-13-29)36-32(39)35-23-24-5-4-15-34-22-24/h1-13,15,21-22,33H,14,16-20,23H2,(H2,35,36,39). The minimum Gasteiger partial charge on any atom is -0.493 e. The van der Waals surface area contributed by atoms with Crippen molar-refractivity contribution in [2.24, 2.45) is 0 Å². The van der Waals surface area contributed by atoms with Crippen molar-refractivity contribution in [3.8, 4) is 16.9 Å². The number of nitrogens with zero attached hydrogens (tertiary/aromatic N) is 2. The van der Waals surface area contributed by atoms with Crippen LogP contribution in [0.15, 0.2) is 97.3 Å². The van der Waals surface area contributed by atoms with Gasteiger partial charge >= 0.3 is 6.03 Å². The summed E-state index contributed by atoms with van der Waals surface area (Å²) in [4.78, 5) is 31.2. The lowest BCUT2D eigenvalue weighted by atomic mass is 9.96. The van der Waals surface area contributed by atoms with Crippen LogP contribution in [-0.4, -0.2) is 54.6 Å². The van der Waals surface area contributed by atoms with Gasteiger partial charge in [0, 0.05) is 62.8 Å². The third-order valence-electron chi connectivity index (χ3n) is 6.77. The number of benzene rings is 3. The van der Waals surface area contributed by atoms with E-state index in [0.717, 1.165) is 54.2 Å². The number of carbonyl (C=O) groups is 2. The van der Waals surface area contributed by atoms with Gasteiger partial charge in [-0.1, -0.05) is 42.5 Å². The highest BCUT2D eigenvalue weighted by molar-refractivity contribution is 5.95. The van der Waals surface area contributed by atoms with Crippen molar-refractivity contribution < 1.29 is 14.3 Å². The van der Waals surface area contributed by atoms with Crippen molar-refractivity contribution >= 4 is 17.6 Å². The summed E-state index contributed by atoms with van der Waals surface area (Å²) in [5.41, 5.74) is 5.59. The second kappa shape index (κ2) is 13.4. The van der Waals surface area contributed by atoms with Gasteiger partial charge in [-0.05, 0) is 64.7 Å². The average molecular weight is 536 g/mol. The molecule has 0 bridgehead atoms. The molecule has 1 aliphatic rings. The minimum atomic E-state index is -0.284. The molecule has 3 N–H and O–H groups in total. The smallest absolute Gasteiger partial charge is 0.319 e. The van der Waals surface area contributed by atoms with Crippen LogP contribution in [-0.2, 0) is 13.0 Å². The molecule has 1 saturated heterocycles. The molecule has 1 aliphatic heterocycles. The monoisotopic (exact) mass is 535 g/mol. The number of aromatic nitrogens is 1. The highest BCUT2D eigenvalue weighted by atomic mass is 16.5. The Morgan fingerprint density at radius 2 is 1.75 bits per heavy atom. The Morgan fingerprint density at radius 1 is 0.925 bits per heavy atom. The van der Waals surface area contributed by atoms with Crippen LogP contribution in [0.1, 0.15) is 21.5 Å². The number of hydrogen-bond acceptors (Lipinski definition) is 5. The first-order chi connectivity index (χ1) is 19.7. The van der Waals surface area contributed by atoms with E-state index in [9.17, 15) is 9.59 Å². The van der Waals surface area contributed by atoms with Crippen LogP contribution in [0, 0.1) is 0 Å². The molecule has 3 aromatic carbocycles. The van der Waals surface area contributed by atoms with Crippen LogP contribution >= 0.6 is 0 Å². The Hall–Kier alpha value is -4.69. The number of urea groups is 1. The fourth-order valence-corrected chi connectivity index (χ4v) is 4.66. The zero-order chi connectivity index (χ0) is 27.6. The van der Waals surface area contributed by atoms with Crippen LogP contribution < -0.4 is 20.7 Å². The average Bonchev–Trinajstić information content (AvgIpc) is 3.02. The number of nitrogens with one attached hydrogen (secondary N) is 3. The highest BCUT2D eigenvalue weighted by Crippen LogP contribution is 2.26. The van der Waals surface area contributed by atoms with E-state index in [1.54, 1.807) is 12.4 Å². The van der Waals surface area contributed by atoms with Crippen LogP contribution in [0.4, 0.5) is 10.5 Å². The number of piperazine rings is 1. The minimum absolute atomic E-state index is 0.0769. The molecule has 40 heavy (non-hydrogen) atoms. The van der Waals surface area contributed by atoms with Crippen LogP contribution in [0.25, 0.3) is 11.1 Å². The number of pyridine rings is 1. The molecule has 0 unspecified atom stereocenters. The molecule has 4 aromatic rings. The molecular formula is C32H33N5O3. The fraction of sp³-hybridized carbons (Fsp3) is 0.219. The molecule has 1 aromatic heterocycles.